The molecule has 0 saturated heterocycles. The zero-order chi connectivity index (χ0) is 11.5. The van der Waals surface area contributed by atoms with Crippen molar-refractivity contribution in [2.24, 2.45) is 0 Å². The van der Waals surface area contributed by atoms with E-state index in [2.05, 4.69) is 37.3 Å². The van der Waals surface area contributed by atoms with Crippen LogP contribution in [0.5, 0.6) is 0 Å². The van der Waals surface area contributed by atoms with Gasteiger partial charge in [0.25, 0.3) is 0 Å². The zero-order valence-electron chi connectivity index (χ0n) is 9.78. The second-order valence-corrected chi connectivity index (χ2v) is 5.04. The van der Waals surface area contributed by atoms with Crippen LogP contribution in [-0.2, 0) is 6.54 Å². The van der Waals surface area contributed by atoms with E-state index in [1.807, 2.05) is 11.4 Å². The Morgan fingerprint density at radius 1 is 1.50 bits per heavy atom. The number of nitrogens with one attached hydrogen (secondary N) is 1. The van der Waals surface area contributed by atoms with Crippen molar-refractivity contribution in [2.75, 3.05) is 0 Å². The Hall–Kier alpha value is -1.13. The fourth-order valence-electron chi connectivity index (χ4n) is 1.47. The largest absolute Gasteiger partial charge is 0.355 e. The van der Waals surface area contributed by atoms with Crippen LogP contribution in [0, 0.1) is 6.92 Å². The molecule has 0 aromatic carbocycles. The quantitative estimate of drug-likeness (QED) is 0.885. The van der Waals surface area contributed by atoms with Crippen LogP contribution < -0.4 is 5.32 Å². The number of nitrogens with zero attached hydrogens (tertiary/aromatic N) is 1. The fourth-order valence-corrected chi connectivity index (χ4v) is 2.23. The number of aromatic nitrogens is 1. The Morgan fingerprint density at radius 2 is 2.31 bits per heavy atom. The predicted molar refractivity (Wildman–Crippen MR) is 66.5 cm³/mol. The summed E-state index contributed by atoms with van der Waals surface area (Å²) in [6.07, 6.45) is 0. The highest BCUT2D eigenvalue weighted by atomic mass is 32.1. The first-order valence-electron chi connectivity index (χ1n) is 5.41. The van der Waals surface area contributed by atoms with Gasteiger partial charge in [-0.1, -0.05) is 25.1 Å². The molecule has 0 atom stereocenters. The van der Waals surface area contributed by atoms with Gasteiger partial charge in [-0.2, -0.15) is 0 Å². The van der Waals surface area contributed by atoms with Crippen molar-refractivity contribution in [1.82, 2.24) is 10.5 Å². The molecule has 2 aromatic heterocycles. The molecule has 0 amide bonds. The predicted octanol–water partition coefficient (Wildman–Crippen LogP) is 3.21. The van der Waals surface area contributed by atoms with Gasteiger partial charge >= 0.3 is 0 Å². The molecule has 0 saturated carbocycles. The van der Waals surface area contributed by atoms with Crippen molar-refractivity contribution in [3.63, 3.8) is 0 Å². The Labute approximate surface area is 99.5 Å². The molecule has 3 nitrogen and oxygen atoms in total. The highest BCUT2D eigenvalue weighted by molar-refractivity contribution is 7.13. The molecule has 4 heteroatoms. The van der Waals surface area contributed by atoms with Gasteiger partial charge in [-0.3, -0.25) is 0 Å². The maximum Gasteiger partial charge on any atom is 0.179 e. The van der Waals surface area contributed by atoms with E-state index in [1.165, 1.54) is 0 Å². The molecular formula is C12H16N2OS. The van der Waals surface area contributed by atoms with Gasteiger partial charge in [-0.05, 0) is 18.4 Å². The van der Waals surface area contributed by atoms with E-state index >= 15 is 0 Å². The lowest BCUT2D eigenvalue weighted by Gasteiger charge is -2.05. The third kappa shape index (κ3) is 2.33. The summed E-state index contributed by atoms with van der Waals surface area (Å²) in [7, 11) is 0. The maximum absolute atomic E-state index is 5.39. The van der Waals surface area contributed by atoms with Gasteiger partial charge in [0.05, 0.1) is 4.88 Å². The maximum atomic E-state index is 5.39. The molecule has 0 aliphatic heterocycles. The van der Waals surface area contributed by atoms with Crippen molar-refractivity contribution < 1.29 is 4.52 Å². The summed E-state index contributed by atoms with van der Waals surface area (Å²) in [6.45, 7) is 7.06. The second kappa shape index (κ2) is 4.80. The Bertz CT molecular complexity index is 446. The molecular weight excluding hydrogens is 220 g/mol. The van der Waals surface area contributed by atoms with E-state index in [0.717, 1.165) is 28.4 Å². The minimum absolute atomic E-state index is 0.460. The lowest BCUT2D eigenvalue weighted by Crippen LogP contribution is -2.22. The van der Waals surface area contributed by atoms with Crippen molar-refractivity contribution in [2.45, 2.75) is 33.4 Å². The summed E-state index contributed by atoms with van der Waals surface area (Å²) in [6, 6.07) is 4.53. The molecule has 86 valence electrons. The molecule has 0 unspecified atom stereocenters. The van der Waals surface area contributed by atoms with Gasteiger partial charge in [0.2, 0.25) is 0 Å². The van der Waals surface area contributed by atoms with Crippen LogP contribution >= 0.6 is 11.3 Å². The van der Waals surface area contributed by atoms with E-state index in [0.29, 0.717) is 6.04 Å². The van der Waals surface area contributed by atoms with Crippen molar-refractivity contribution >= 4 is 11.3 Å². The van der Waals surface area contributed by atoms with Crippen LogP contribution in [0.3, 0.4) is 0 Å². The smallest absolute Gasteiger partial charge is 0.179 e. The first-order valence-corrected chi connectivity index (χ1v) is 6.29. The van der Waals surface area contributed by atoms with E-state index in [-0.39, 0.29) is 0 Å². The van der Waals surface area contributed by atoms with E-state index in [9.17, 15) is 0 Å². The Balaban J connectivity index is 2.18. The van der Waals surface area contributed by atoms with Crippen LogP contribution in [-0.4, -0.2) is 11.2 Å². The van der Waals surface area contributed by atoms with E-state index in [4.69, 9.17) is 4.52 Å². The van der Waals surface area contributed by atoms with Crippen LogP contribution in [0.15, 0.2) is 22.0 Å². The Kier molecular flexibility index (Phi) is 3.41. The molecule has 16 heavy (non-hydrogen) atoms. The summed E-state index contributed by atoms with van der Waals surface area (Å²) in [4.78, 5) is 1.14. The lowest BCUT2D eigenvalue weighted by atomic mass is 10.2. The van der Waals surface area contributed by atoms with Crippen LogP contribution in [0.4, 0.5) is 0 Å². The molecule has 0 fully saturated rings. The molecule has 0 bridgehead atoms. The summed E-state index contributed by atoms with van der Waals surface area (Å²) in [5, 5.41) is 9.50. The molecule has 2 rings (SSSR count). The van der Waals surface area contributed by atoms with Gasteiger partial charge in [0.1, 0.15) is 5.69 Å². The summed E-state index contributed by atoms with van der Waals surface area (Å²) in [5.41, 5.74) is 2.13. The van der Waals surface area contributed by atoms with Crippen molar-refractivity contribution in [3.05, 3.63) is 28.8 Å². The first-order chi connectivity index (χ1) is 7.68. The molecule has 0 spiro atoms. The molecule has 2 heterocycles. The zero-order valence-corrected chi connectivity index (χ0v) is 10.6. The number of hydrogen-bond donors (Lipinski definition) is 1. The molecule has 0 aliphatic rings. The van der Waals surface area contributed by atoms with E-state index < -0.39 is 0 Å². The lowest BCUT2D eigenvalue weighted by molar-refractivity contribution is 0.418. The van der Waals surface area contributed by atoms with Crippen molar-refractivity contribution in [1.29, 1.82) is 0 Å². The van der Waals surface area contributed by atoms with Gasteiger partial charge in [0.15, 0.2) is 5.76 Å². The summed E-state index contributed by atoms with van der Waals surface area (Å²) < 4.78 is 5.39. The summed E-state index contributed by atoms with van der Waals surface area (Å²) >= 11 is 1.67. The molecule has 2 aromatic rings. The van der Waals surface area contributed by atoms with E-state index in [1.54, 1.807) is 11.3 Å². The fraction of sp³-hybridized carbons (Fsp3) is 0.417. The summed E-state index contributed by atoms with van der Waals surface area (Å²) in [5.74, 6) is 0.899. The third-order valence-corrected chi connectivity index (χ3v) is 3.31. The van der Waals surface area contributed by atoms with Gasteiger partial charge < -0.3 is 9.84 Å². The average molecular weight is 236 g/mol. The number of hydrogen-bond acceptors (Lipinski definition) is 4. The topological polar surface area (TPSA) is 38.1 Å². The molecule has 0 radical (unpaired) electrons. The first kappa shape index (κ1) is 11.4. The van der Waals surface area contributed by atoms with Gasteiger partial charge in [-0.15, -0.1) is 11.3 Å². The number of thiophene rings is 1. The molecule has 1 N–H and O–H groups in total. The highest BCUT2D eigenvalue weighted by Crippen LogP contribution is 2.29. The van der Waals surface area contributed by atoms with Crippen molar-refractivity contribution in [3.8, 4) is 10.6 Å². The van der Waals surface area contributed by atoms with Gasteiger partial charge in [0, 0.05) is 18.2 Å². The van der Waals surface area contributed by atoms with Gasteiger partial charge in [-0.25, -0.2) is 0 Å². The SMILES string of the molecule is Cc1c(CNC(C)C)noc1-c1cccs1. The normalized spacial score (nSPS) is 11.2. The third-order valence-electron chi connectivity index (χ3n) is 2.44. The standard InChI is InChI=1S/C12H16N2OS/c1-8(2)13-7-10-9(3)12(15-14-10)11-5-4-6-16-11/h4-6,8,13H,7H2,1-3H3. The Morgan fingerprint density at radius 3 is 2.94 bits per heavy atom. The van der Waals surface area contributed by atoms with Crippen LogP contribution in [0.25, 0.3) is 10.6 Å². The minimum atomic E-state index is 0.460. The van der Waals surface area contributed by atoms with Crippen LogP contribution in [0.1, 0.15) is 25.1 Å². The average Bonchev–Trinajstić information content (AvgIpc) is 2.84. The highest BCUT2D eigenvalue weighted by Gasteiger charge is 2.14. The number of rotatable bonds is 4. The monoisotopic (exact) mass is 236 g/mol. The second-order valence-electron chi connectivity index (χ2n) is 4.10. The minimum Gasteiger partial charge on any atom is -0.355 e. The van der Waals surface area contributed by atoms with Crippen LogP contribution in [0.2, 0.25) is 0 Å². The molecule has 0 aliphatic carbocycles.